The Morgan fingerprint density at radius 3 is 2.05 bits per heavy atom. The summed E-state index contributed by atoms with van der Waals surface area (Å²) in [5, 5.41) is 3.47. The quantitative estimate of drug-likeness (QED) is 0.749. The van der Waals surface area contributed by atoms with Crippen molar-refractivity contribution < 1.29 is 13.2 Å². The Bertz CT molecular complexity index is 525. The van der Waals surface area contributed by atoms with Crippen molar-refractivity contribution in [2.24, 2.45) is 7.05 Å². The molecule has 0 unspecified atom stereocenters. The molecule has 104 valence electrons. The van der Waals surface area contributed by atoms with Crippen molar-refractivity contribution in [2.45, 2.75) is 26.9 Å². The van der Waals surface area contributed by atoms with Crippen LogP contribution in [0.15, 0.2) is 30.5 Å². The molecule has 1 aromatic heterocycles. The highest BCUT2D eigenvalue weighted by atomic mass is 19.4. The second-order valence-electron chi connectivity index (χ2n) is 3.93. The summed E-state index contributed by atoms with van der Waals surface area (Å²) in [5.74, 6) is 0. The Kier molecular flexibility index (Phi) is 4.75. The summed E-state index contributed by atoms with van der Waals surface area (Å²) >= 11 is 0. The number of aryl methyl sites for hydroxylation is 2. The van der Waals surface area contributed by atoms with E-state index in [0.29, 0.717) is 5.56 Å². The standard InChI is InChI=1S/C12H11F3N2.C2H6/c1-8-3-5-9(6-4-8)10-7-17(2)16-11(10)12(13,14)15;1-2/h3-7H,1-2H3;1-2H3. The zero-order valence-electron chi connectivity index (χ0n) is 11.4. The number of benzene rings is 1. The zero-order valence-corrected chi connectivity index (χ0v) is 11.4. The van der Waals surface area contributed by atoms with E-state index in [1.165, 1.54) is 17.9 Å². The van der Waals surface area contributed by atoms with Crippen molar-refractivity contribution in [1.82, 2.24) is 9.78 Å². The SMILES string of the molecule is CC.Cc1ccc(-c2cn(C)nc2C(F)(F)F)cc1. The normalized spacial score (nSPS) is 10.9. The largest absolute Gasteiger partial charge is 0.435 e. The van der Waals surface area contributed by atoms with Gasteiger partial charge in [0.05, 0.1) is 0 Å². The number of hydrogen-bond acceptors (Lipinski definition) is 1. The van der Waals surface area contributed by atoms with Crippen LogP contribution in [0.4, 0.5) is 13.2 Å². The van der Waals surface area contributed by atoms with E-state index in [2.05, 4.69) is 5.10 Å². The molecule has 2 aromatic rings. The predicted octanol–water partition coefficient (Wildman–Crippen LogP) is 4.44. The molecule has 0 amide bonds. The molecule has 0 aliphatic rings. The maximum Gasteiger partial charge on any atom is 0.435 e. The summed E-state index contributed by atoms with van der Waals surface area (Å²) in [4.78, 5) is 0. The van der Waals surface area contributed by atoms with Crippen molar-refractivity contribution in [3.63, 3.8) is 0 Å². The van der Waals surface area contributed by atoms with Gasteiger partial charge in [0.2, 0.25) is 0 Å². The highest BCUT2D eigenvalue weighted by molar-refractivity contribution is 5.66. The first-order valence-corrected chi connectivity index (χ1v) is 6.06. The van der Waals surface area contributed by atoms with Gasteiger partial charge in [-0.05, 0) is 12.5 Å². The number of alkyl halides is 3. The zero-order chi connectivity index (χ0) is 14.6. The summed E-state index contributed by atoms with van der Waals surface area (Å²) in [5.41, 5.74) is 0.797. The molecular formula is C14H17F3N2. The summed E-state index contributed by atoms with van der Waals surface area (Å²) in [6.45, 7) is 5.89. The minimum absolute atomic E-state index is 0.111. The topological polar surface area (TPSA) is 17.8 Å². The Labute approximate surface area is 110 Å². The monoisotopic (exact) mass is 270 g/mol. The van der Waals surface area contributed by atoms with E-state index < -0.39 is 11.9 Å². The fourth-order valence-electron chi connectivity index (χ4n) is 1.64. The van der Waals surface area contributed by atoms with E-state index in [4.69, 9.17) is 0 Å². The molecule has 0 saturated carbocycles. The Hall–Kier alpha value is -1.78. The molecule has 0 spiro atoms. The van der Waals surface area contributed by atoms with Gasteiger partial charge in [0.15, 0.2) is 5.69 Å². The average molecular weight is 270 g/mol. The minimum Gasteiger partial charge on any atom is -0.275 e. The smallest absolute Gasteiger partial charge is 0.275 e. The molecule has 0 N–H and O–H groups in total. The van der Waals surface area contributed by atoms with Crippen LogP contribution in [0.2, 0.25) is 0 Å². The van der Waals surface area contributed by atoms with E-state index in [1.54, 1.807) is 24.3 Å². The molecule has 0 fully saturated rings. The second kappa shape index (κ2) is 5.91. The Balaban J connectivity index is 0.000000861. The molecule has 0 bridgehead atoms. The lowest BCUT2D eigenvalue weighted by Gasteiger charge is -2.06. The van der Waals surface area contributed by atoms with Gasteiger partial charge in [0.25, 0.3) is 0 Å². The van der Waals surface area contributed by atoms with Crippen molar-refractivity contribution in [2.75, 3.05) is 0 Å². The molecule has 0 aliphatic carbocycles. The van der Waals surface area contributed by atoms with Crippen molar-refractivity contribution >= 4 is 0 Å². The first kappa shape index (κ1) is 15.3. The maximum absolute atomic E-state index is 12.8. The summed E-state index contributed by atoms with van der Waals surface area (Å²) in [6.07, 6.45) is -3.05. The van der Waals surface area contributed by atoms with Crippen LogP contribution in [0.1, 0.15) is 25.1 Å². The molecule has 0 saturated heterocycles. The molecule has 1 heterocycles. The van der Waals surface area contributed by atoms with Crippen LogP contribution in [-0.2, 0) is 13.2 Å². The van der Waals surface area contributed by atoms with Gasteiger partial charge >= 0.3 is 6.18 Å². The molecule has 0 atom stereocenters. The molecule has 2 rings (SSSR count). The lowest BCUT2D eigenvalue weighted by molar-refractivity contribution is -0.140. The Morgan fingerprint density at radius 2 is 1.58 bits per heavy atom. The van der Waals surface area contributed by atoms with E-state index >= 15 is 0 Å². The number of hydrogen-bond donors (Lipinski definition) is 0. The summed E-state index contributed by atoms with van der Waals surface area (Å²) in [7, 11) is 1.48. The third-order valence-corrected chi connectivity index (χ3v) is 2.46. The number of halogens is 3. The first-order valence-electron chi connectivity index (χ1n) is 6.06. The fraction of sp³-hybridized carbons (Fsp3) is 0.357. The van der Waals surface area contributed by atoms with Crippen LogP contribution in [0.5, 0.6) is 0 Å². The van der Waals surface area contributed by atoms with Crippen LogP contribution < -0.4 is 0 Å². The van der Waals surface area contributed by atoms with E-state index in [0.717, 1.165) is 5.56 Å². The Morgan fingerprint density at radius 1 is 1.05 bits per heavy atom. The molecule has 0 radical (unpaired) electrons. The molecule has 1 aromatic carbocycles. The maximum atomic E-state index is 12.8. The van der Waals surface area contributed by atoms with Gasteiger partial charge in [-0.3, -0.25) is 4.68 Å². The summed E-state index contributed by atoms with van der Waals surface area (Å²) < 4.78 is 39.4. The molecule has 2 nitrogen and oxygen atoms in total. The third-order valence-electron chi connectivity index (χ3n) is 2.46. The van der Waals surface area contributed by atoms with E-state index in [-0.39, 0.29) is 5.56 Å². The van der Waals surface area contributed by atoms with Crippen LogP contribution >= 0.6 is 0 Å². The molecular weight excluding hydrogens is 253 g/mol. The highest BCUT2D eigenvalue weighted by Gasteiger charge is 2.37. The van der Waals surface area contributed by atoms with Crippen molar-refractivity contribution in [3.8, 4) is 11.1 Å². The minimum atomic E-state index is -4.43. The van der Waals surface area contributed by atoms with Gasteiger partial charge < -0.3 is 0 Å². The first-order chi connectivity index (χ1) is 8.88. The van der Waals surface area contributed by atoms with Crippen LogP contribution in [0.25, 0.3) is 11.1 Å². The highest BCUT2D eigenvalue weighted by Crippen LogP contribution is 2.35. The number of rotatable bonds is 1. The van der Waals surface area contributed by atoms with Gasteiger partial charge in [0, 0.05) is 18.8 Å². The molecule has 5 heteroatoms. The van der Waals surface area contributed by atoms with E-state index in [1.807, 2.05) is 20.8 Å². The molecule has 0 aliphatic heterocycles. The fourth-order valence-corrected chi connectivity index (χ4v) is 1.64. The van der Waals surface area contributed by atoms with Gasteiger partial charge in [-0.15, -0.1) is 0 Å². The van der Waals surface area contributed by atoms with Crippen LogP contribution in [0.3, 0.4) is 0 Å². The van der Waals surface area contributed by atoms with Gasteiger partial charge in [-0.2, -0.15) is 18.3 Å². The van der Waals surface area contributed by atoms with Crippen LogP contribution in [0, 0.1) is 6.92 Å². The van der Waals surface area contributed by atoms with Gasteiger partial charge in [-0.25, -0.2) is 0 Å². The summed E-state index contributed by atoms with van der Waals surface area (Å²) in [6, 6.07) is 6.90. The van der Waals surface area contributed by atoms with Gasteiger partial charge in [-0.1, -0.05) is 43.7 Å². The third kappa shape index (κ3) is 3.59. The second-order valence-corrected chi connectivity index (χ2v) is 3.93. The average Bonchev–Trinajstić information content (AvgIpc) is 2.75. The lowest BCUT2D eigenvalue weighted by atomic mass is 10.0. The number of nitrogens with zero attached hydrogens (tertiary/aromatic N) is 2. The van der Waals surface area contributed by atoms with Crippen LogP contribution in [-0.4, -0.2) is 9.78 Å². The van der Waals surface area contributed by atoms with Crippen molar-refractivity contribution in [1.29, 1.82) is 0 Å². The predicted molar refractivity (Wildman–Crippen MR) is 69.7 cm³/mol. The van der Waals surface area contributed by atoms with Crippen molar-refractivity contribution in [3.05, 3.63) is 41.7 Å². The number of aromatic nitrogens is 2. The molecule has 19 heavy (non-hydrogen) atoms. The van der Waals surface area contributed by atoms with E-state index in [9.17, 15) is 13.2 Å². The van der Waals surface area contributed by atoms with Gasteiger partial charge in [0.1, 0.15) is 0 Å². The lowest BCUT2D eigenvalue weighted by Crippen LogP contribution is -2.08.